The molecule has 3 heteroatoms. The molecular formula is C4H4N3. The highest BCUT2D eigenvalue weighted by Crippen LogP contribution is 1.92. The van der Waals surface area contributed by atoms with Crippen molar-refractivity contribution in [2.45, 2.75) is 12.5 Å². The number of rotatable bonds is 0. The average molecular weight is 94.1 g/mol. The molecule has 0 amide bonds. The van der Waals surface area contributed by atoms with E-state index in [1.165, 1.54) is 19.1 Å². The molecule has 0 aliphatic heterocycles. The number of hydrogen-bond donors (Lipinski definition) is 0. The molecule has 0 bridgehead atoms. The highest BCUT2D eigenvalue weighted by molar-refractivity contribution is 5.15. The summed E-state index contributed by atoms with van der Waals surface area (Å²) in [6, 6.07) is 2.99. The van der Waals surface area contributed by atoms with E-state index >= 15 is 0 Å². The molecule has 0 unspecified atom stereocenters. The molecular weight excluding hydrogens is 90.1 g/mol. The Morgan fingerprint density at radius 3 is 1.71 bits per heavy atom. The Bertz CT molecular complexity index is 118. The monoisotopic (exact) mass is 94.0 g/mol. The van der Waals surface area contributed by atoms with Crippen molar-refractivity contribution in [3.63, 3.8) is 0 Å². The minimum atomic E-state index is -1.56. The number of nitrogens with zero attached hydrogens (tertiary/aromatic N) is 2. The van der Waals surface area contributed by atoms with Crippen LogP contribution in [0.5, 0.6) is 0 Å². The zero-order chi connectivity index (χ0) is 5.91. The third-order valence-electron chi connectivity index (χ3n) is 0.447. The van der Waals surface area contributed by atoms with E-state index in [1.54, 1.807) is 0 Å². The van der Waals surface area contributed by atoms with E-state index in [0.717, 1.165) is 0 Å². The van der Waals surface area contributed by atoms with Crippen LogP contribution in [-0.2, 0) is 0 Å². The van der Waals surface area contributed by atoms with E-state index in [4.69, 9.17) is 16.3 Å². The second-order valence-corrected chi connectivity index (χ2v) is 1.35. The molecule has 0 rings (SSSR count). The van der Waals surface area contributed by atoms with Crippen molar-refractivity contribution in [2.75, 3.05) is 0 Å². The SMILES string of the molecule is CC([NH])(C#N)C#N. The van der Waals surface area contributed by atoms with Crippen LogP contribution in [0.25, 0.3) is 0 Å². The van der Waals surface area contributed by atoms with Gasteiger partial charge < -0.3 is 0 Å². The molecule has 1 N–H and O–H groups in total. The van der Waals surface area contributed by atoms with E-state index in [9.17, 15) is 0 Å². The Labute approximate surface area is 42.0 Å². The minimum absolute atomic E-state index is 1.24. The van der Waals surface area contributed by atoms with Crippen LogP contribution in [0.2, 0.25) is 0 Å². The first-order valence-electron chi connectivity index (χ1n) is 1.70. The fraction of sp³-hybridized carbons (Fsp3) is 0.500. The molecule has 0 heterocycles. The molecule has 1 radical (unpaired) electrons. The van der Waals surface area contributed by atoms with E-state index in [2.05, 4.69) is 0 Å². The van der Waals surface area contributed by atoms with Crippen LogP contribution in [0.3, 0.4) is 0 Å². The van der Waals surface area contributed by atoms with E-state index in [0.29, 0.717) is 0 Å². The molecule has 0 saturated carbocycles. The van der Waals surface area contributed by atoms with Gasteiger partial charge in [-0.2, -0.15) is 10.5 Å². The number of nitrogens with one attached hydrogen (secondary N) is 1. The lowest BCUT2D eigenvalue weighted by atomic mass is 10.1. The Kier molecular flexibility index (Phi) is 1.35. The normalized spacial score (nSPS) is 9.14. The zero-order valence-electron chi connectivity index (χ0n) is 3.89. The van der Waals surface area contributed by atoms with Crippen LogP contribution >= 0.6 is 0 Å². The van der Waals surface area contributed by atoms with Gasteiger partial charge >= 0.3 is 0 Å². The average Bonchev–Trinajstić information content (AvgIpc) is 1.68. The maximum absolute atomic E-state index is 7.93. The van der Waals surface area contributed by atoms with Crippen molar-refractivity contribution < 1.29 is 0 Å². The quantitative estimate of drug-likeness (QED) is 0.426. The smallest absolute Gasteiger partial charge is 0.203 e. The molecule has 7 heavy (non-hydrogen) atoms. The second kappa shape index (κ2) is 1.59. The fourth-order valence-electron chi connectivity index (χ4n) is 0.0250. The first-order chi connectivity index (χ1) is 3.12. The van der Waals surface area contributed by atoms with Crippen LogP contribution in [0.15, 0.2) is 0 Å². The molecule has 35 valence electrons. The Hall–Kier alpha value is -1.06. The summed E-state index contributed by atoms with van der Waals surface area (Å²) < 4.78 is 0. The summed E-state index contributed by atoms with van der Waals surface area (Å²) in [7, 11) is 0. The van der Waals surface area contributed by atoms with Gasteiger partial charge in [0.15, 0.2) is 0 Å². The summed E-state index contributed by atoms with van der Waals surface area (Å²) in [5.74, 6) is 0. The van der Waals surface area contributed by atoms with Crippen LogP contribution in [-0.4, -0.2) is 5.54 Å². The van der Waals surface area contributed by atoms with E-state index in [1.807, 2.05) is 0 Å². The van der Waals surface area contributed by atoms with Gasteiger partial charge in [-0.1, -0.05) is 0 Å². The molecule has 0 spiro atoms. The maximum atomic E-state index is 7.93. The summed E-state index contributed by atoms with van der Waals surface area (Å²) >= 11 is 0. The highest BCUT2D eigenvalue weighted by atomic mass is 14.7. The molecule has 0 aromatic rings. The molecule has 0 saturated heterocycles. The topological polar surface area (TPSA) is 71.4 Å². The highest BCUT2D eigenvalue weighted by Gasteiger charge is 2.14. The summed E-state index contributed by atoms with van der Waals surface area (Å²) in [5.41, 5.74) is 5.15. The van der Waals surface area contributed by atoms with Crippen molar-refractivity contribution in [1.82, 2.24) is 5.73 Å². The summed E-state index contributed by atoms with van der Waals surface area (Å²) in [5, 5.41) is 15.9. The van der Waals surface area contributed by atoms with E-state index < -0.39 is 5.54 Å². The lowest BCUT2D eigenvalue weighted by molar-refractivity contribution is 0.739. The minimum Gasteiger partial charge on any atom is -0.223 e. The van der Waals surface area contributed by atoms with Crippen molar-refractivity contribution >= 4 is 0 Å². The van der Waals surface area contributed by atoms with Gasteiger partial charge in [0.2, 0.25) is 5.54 Å². The molecule has 0 aliphatic carbocycles. The number of nitriles is 2. The third kappa shape index (κ3) is 1.75. The Balaban J connectivity index is 4.00. The first-order valence-corrected chi connectivity index (χ1v) is 1.70. The van der Waals surface area contributed by atoms with Gasteiger partial charge in [0.1, 0.15) is 12.1 Å². The molecule has 3 nitrogen and oxygen atoms in total. The van der Waals surface area contributed by atoms with Gasteiger partial charge in [-0.15, -0.1) is 0 Å². The third-order valence-corrected chi connectivity index (χ3v) is 0.447. The second-order valence-electron chi connectivity index (χ2n) is 1.35. The van der Waals surface area contributed by atoms with Gasteiger partial charge in [-0.3, -0.25) is 0 Å². The van der Waals surface area contributed by atoms with Gasteiger partial charge in [0.25, 0.3) is 0 Å². The van der Waals surface area contributed by atoms with Crippen LogP contribution in [0, 0.1) is 22.7 Å². The summed E-state index contributed by atoms with van der Waals surface area (Å²) in [6.45, 7) is 1.24. The van der Waals surface area contributed by atoms with E-state index in [-0.39, 0.29) is 0 Å². The van der Waals surface area contributed by atoms with Crippen LogP contribution in [0.4, 0.5) is 0 Å². The van der Waals surface area contributed by atoms with Gasteiger partial charge in [-0.05, 0) is 6.92 Å². The van der Waals surface area contributed by atoms with Crippen molar-refractivity contribution in [3.8, 4) is 12.1 Å². The summed E-state index contributed by atoms with van der Waals surface area (Å²) in [4.78, 5) is 0. The lowest BCUT2D eigenvalue weighted by Crippen LogP contribution is -2.19. The molecule has 0 atom stereocenters. The molecule has 0 fully saturated rings. The van der Waals surface area contributed by atoms with Gasteiger partial charge in [0, 0.05) is 0 Å². The van der Waals surface area contributed by atoms with Crippen molar-refractivity contribution in [1.29, 1.82) is 10.5 Å². The Morgan fingerprint density at radius 1 is 1.43 bits per heavy atom. The predicted octanol–water partition coefficient (Wildman–Crippen LogP) is 0.0752. The largest absolute Gasteiger partial charge is 0.223 e. The molecule has 0 aliphatic rings. The zero-order valence-corrected chi connectivity index (χ0v) is 3.89. The van der Waals surface area contributed by atoms with Gasteiger partial charge in [0.05, 0.1) is 0 Å². The fourth-order valence-corrected chi connectivity index (χ4v) is 0.0250. The first kappa shape index (κ1) is 5.94. The maximum Gasteiger partial charge on any atom is 0.203 e. The van der Waals surface area contributed by atoms with Crippen LogP contribution < -0.4 is 5.73 Å². The van der Waals surface area contributed by atoms with Crippen LogP contribution in [0.1, 0.15) is 6.92 Å². The van der Waals surface area contributed by atoms with Gasteiger partial charge in [-0.25, -0.2) is 5.73 Å². The number of hydrogen-bond acceptors (Lipinski definition) is 2. The standard InChI is InChI=1S/C4H4N3/c1-4(7,2-5)3-6/h7H,1H3. The van der Waals surface area contributed by atoms with Crippen molar-refractivity contribution in [2.24, 2.45) is 0 Å². The molecule has 0 aromatic heterocycles. The summed E-state index contributed by atoms with van der Waals surface area (Å²) in [6.07, 6.45) is 0. The molecule has 0 aromatic carbocycles. The predicted molar refractivity (Wildman–Crippen MR) is 22.7 cm³/mol. The van der Waals surface area contributed by atoms with Crippen molar-refractivity contribution in [3.05, 3.63) is 0 Å². The lowest BCUT2D eigenvalue weighted by Gasteiger charge is -1.96. The Morgan fingerprint density at radius 2 is 1.71 bits per heavy atom.